The van der Waals surface area contributed by atoms with Gasteiger partial charge in [0.05, 0.1) is 6.26 Å². The van der Waals surface area contributed by atoms with Gasteiger partial charge in [-0.05, 0) is 44.9 Å². The molecule has 3 rings (SSSR count). The number of furan rings is 2. The van der Waals surface area contributed by atoms with Crippen molar-refractivity contribution in [2.24, 2.45) is 0 Å². The van der Waals surface area contributed by atoms with E-state index in [2.05, 4.69) is 0 Å². The molecule has 2 atom stereocenters. The van der Waals surface area contributed by atoms with Crippen molar-refractivity contribution in [1.29, 1.82) is 0 Å². The molecule has 3 heterocycles. The predicted octanol–water partition coefficient (Wildman–Crippen LogP) is 3.22. The number of aliphatic hydroxyl groups excluding tert-OH is 1. The highest BCUT2D eigenvalue weighted by Gasteiger charge is 2.33. The summed E-state index contributed by atoms with van der Waals surface area (Å²) in [6, 6.07) is 5.39. The number of carbonyl (C=O) groups is 1. The molecule has 2 aromatic heterocycles. The number of likely N-dealkylation sites (tertiary alicyclic amines) is 1. The third kappa shape index (κ3) is 2.81. The molecular formula is C17H21NO4. The Morgan fingerprint density at radius 3 is 2.95 bits per heavy atom. The third-order valence-electron chi connectivity index (χ3n) is 4.24. The molecule has 0 saturated carbocycles. The average Bonchev–Trinajstić information content (AvgIpc) is 3.19. The van der Waals surface area contributed by atoms with Crippen LogP contribution < -0.4 is 0 Å². The summed E-state index contributed by atoms with van der Waals surface area (Å²) in [5.41, 5.74) is 0.861. The molecule has 22 heavy (non-hydrogen) atoms. The number of rotatable bonds is 4. The van der Waals surface area contributed by atoms with Crippen molar-refractivity contribution in [2.45, 2.75) is 45.3 Å². The summed E-state index contributed by atoms with van der Waals surface area (Å²) in [4.78, 5) is 14.5. The van der Waals surface area contributed by atoms with Crippen molar-refractivity contribution in [3.8, 4) is 0 Å². The van der Waals surface area contributed by atoms with Crippen molar-refractivity contribution in [2.75, 3.05) is 6.54 Å². The summed E-state index contributed by atoms with van der Waals surface area (Å²) in [5, 5.41) is 10.2. The van der Waals surface area contributed by atoms with Crippen LogP contribution in [0.4, 0.5) is 0 Å². The maximum absolute atomic E-state index is 12.7. The Morgan fingerprint density at radius 2 is 2.32 bits per heavy atom. The minimum absolute atomic E-state index is 0.0115. The predicted molar refractivity (Wildman–Crippen MR) is 80.5 cm³/mol. The molecular weight excluding hydrogens is 282 g/mol. The monoisotopic (exact) mass is 303 g/mol. The zero-order valence-corrected chi connectivity index (χ0v) is 12.9. The zero-order chi connectivity index (χ0) is 15.7. The van der Waals surface area contributed by atoms with Crippen LogP contribution in [0.25, 0.3) is 0 Å². The quantitative estimate of drug-likeness (QED) is 0.941. The molecule has 0 aliphatic carbocycles. The van der Waals surface area contributed by atoms with Crippen molar-refractivity contribution < 1.29 is 18.7 Å². The average molecular weight is 303 g/mol. The van der Waals surface area contributed by atoms with E-state index in [1.54, 1.807) is 18.4 Å². The maximum atomic E-state index is 12.7. The highest BCUT2D eigenvalue weighted by atomic mass is 16.4. The first kappa shape index (κ1) is 14.9. The van der Waals surface area contributed by atoms with E-state index in [9.17, 15) is 9.90 Å². The fourth-order valence-electron chi connectivity index (χ4n) is 3.19. The summed E-state index contributed by atoms with van der Waals surface area (Å²) in [6.45, 7) is 4.42. The second-order valence-corrected chi connectivity index (χ2v) is 5.93. The number of nitrogens with zero attached hydrogens (tertiary/aromatic N) is 1. The molecule has 0 spiro atoms. The minimum Gasteiger partial charge on any atom is -0.467 e. The van der Waals surface area contributed by atoms with E-state index in [-0.39, 0.29) is 11.9 Å². The molecule has 2 unspecified atom stereocenters. The van der Waals surface area contributed by atoms with E-state index in [4.69, 9.17) is 8.83 Å². The normalized spacial score (nSPS) is 19.6. The lowest BCUT2D eigenvalue weighted by Gasteiger charge is -2.25. The lowest BCUT2D eigenvalue weighted by atomic mass is 10.0. The van der Waals surface area contributed by atoms with E-state index >= 15 is 0 Å². The van der Waals surface area contributed by atoms with Gasteiger partial charge in [0.1, 0.15) is 17.6 Å². The molecule has 0 bridgehead atoms. The van der Waals surface area contributed by atoms with Gasteiger partial charge in [0.25, 0.3) is 5.91 Å². The van der Waals surface area contributed by atoms with Crippen molar-refractivity contribution in [3.05, 3.63) is 47.3 Å². The number of hydrogen-bond acceptors (Lipinski definition) is 4. The molecule has 1 aliphatic heterocycles. The SMILES string of the molecule is Cc1cc(C)c(C(=O)N2CCCC2CC(O)c2ccco2)o1. The lowest BCUT2D eigenvalue weighted by molar-refractivity contribution is 0.0610. The van der Waals surface area contributed by atoms with Crippen LogP contribution in [0.1, 0.15) is 53.0 Å². The Morgan fingerprint density at radius 1 is 1.50 bits per heavy atom. The van der Waals surface area contributed by atoms with Gasteiger partial charge in [-0.2, -0.15) is 0 Å². The topological polar surface area (TPSA) is 66.8 Å². The molecule has 1 saturated heterocycles. The first-order valence-electron chi connectivity index (χ1n) is 7.65. The number of carbonyl (C=O) groups excluding carboxylic acids is 1. The molecule has 1 N–H and O–H groups in total. The third-order valence-corrected chi connectivity index (χ3v) is 4.24. The summed E-state index contributed by atoms with van der Waals surface area (Å²) in [7, 11) is 0. The Kier molecular flexibility index (Phi) is 4.07. The van der Waals surface area contributed by atoms with Gasteiger partial charge in [-0.3, -0.25) is 4.79 Å². The van der Waals surface area contributed by atoms with Crippen molar-refractivity contribution in [1.82, 2.24) is 4.90 Å². The molecule has 1 amide bonds. The van der Waals surface area contributed by atoms with E-state index in [0.29, 0.717) is 24.5 Å². The van der Waals surface area contributed by atoms with Crippen molar-refractivity contribution in [3.63, 3.8) is 0 Å². The van der Waals surface area contributed by atoms with Gasteiger partial charge < -0.3 is 18.8 Å². The van der Waals surface area contributed by atoms with Crippen LogP contribution in [0.5, 0.6) is 0 Å². The molecule has 5 nitrogen and oxygen atoms in total. The van der Waals surface area contributed by atoms with Gasteiger partial charge >= 0.3 is 0 Å². The number of aryl methyl sites for hydroxylation is 2. The van der Waals surface area contributed by atoms with Crippen LogP contribution in [-0.2, 0) is 0 Å². The molecule has 1 aliphatic rings. The highest BCUT2D eigenvalue weighted by molar-refractivity contribution is 5.93. The lowest BCUT2D eigenvalue weighted by Crippen LogP contribution is -2.36. The van der Waals surface area contributed by atoms with E-state index in [0.717, 1.165) is 24.2 Å². The van der Waals surface area contributed by atoms with Crippen LogP contribution in [0.3, 0.4) is 0 Å². The van der Waals surface area contributed by atoms with Crippen LogP contribution in [-0.4, -0.2) is 28.5 Å². The Bertz CT molecular complexity index is 644. The molecule has 0 radical (unpaired) electrons. The molecule has 118 valence electrons. The van der Waals surface area contributed by atoms with Crippen LogP contribution in [0.2, 0.25) is 0 Å². The highest BCUT2D eigenvalue weighted by Crippen LogP contribution is 2.29. The van der Waals surface area contributed by atoms with Crippen LogP contribution in [0, 0.1) is 13.8 Å². The van der Waals surface area contributed by atoms with E-state index < -0.39 is 6.10 Å². The van der Waals surface area contributed by atoms with Gasteiger partial charge in [0.2, 0.25) is 0 Å². The second kappa shape index (κ2) is 6.01. The Hall–Kier alpha value is -2.01. The summed E-state index contributed by atoms with van der Waals surface area (Å²) < 4.78 is 10.8. The Balaban J connectivity index is 1.73. The van der Waals surface area contributed by atoms with Gasteiger partial charge in [-0.25, -0.2) is 0 Å². The van der Waals surface area contributed by atoms with E-state index in [1.807, 2.05) is 24.8 Å². The molecule has 5 heteroatoms. The number of aliphatic hydroxyl groups is 1. The fraction of sp³-hybridized carbons (Fsp3) is 0.471. The molecule has 2 aromatic rings. The van der Waals surface area contributed by atoms with Gasteiger partial charge in [0.15, 0.2) is 5.76 Å². The number of amides is 1. The second-order valence-electron chi connectivity index (χ2n) is 5.93. The summed E-state index contributed by atoms with van der Waals surface area (Å²) >= 11 is 0. The van der Waals surface area contributed by atoms with Crippen LogP contribution >= 0.6 is 0 Å². The number of hydrogen-bond donors (Lipinski definition) is 1. The molecule has 1 fully saturated rings. The summed E-state index contributed by atoms with van der Waals surface area (Å²) in [5.74, 6) is 1.62. The summed E-state index contributed by atoms with van der Waals surface area (Å²) in [6.07, 6.45) is 3.18. The van der Waals surface area contributed by atoms with Gasteiger partial charge in [-0.1, -0.05) is 0 Å². The fourth-order valence-corrected chi connectivity index (χ4v) is 3.19. The smallest absolute Gasteiger partial charge is 0.290 e. The van der Waals surface area contributed by atoms with Gasteiger partial charge in [0, 0.05) is 24.6 Å². The molecule has 0 aromatic carbocycles. The minimum atomic E-state index is -0.687. The largest absolute Gasteiger partial charge is 0.467 e. The maximum Gasteiger partial charge on any atom is 0.290 e. The first-order chi connectivity index (χ1) is 10.6. The van der Waals surface area contributed by atoms with Gasteiger partial charge in [-0.15, -0.1) is 0 Å². The Labute approximate surface area is 129 Å². The van der Waals surface area contributed by atoms with Crippen molar-refractivity contribution >= 4 is 5.91 Å². The zero-order valence-electron chi connectivity index (χ0n) is 12.9. The van der Waals surface area contributed by atoms with E-state index in [1.165, 1.54) is 0 Å². The first-order valence-corrected chi connectivity index (χ1v) is 7.65. The van der Waals surface area contributed by atoms with Crippen LogP contribution in [0.15, 0.2) is 33.3 Å². The standard InChI is InChI=1S/C17H21NO4/c1-11-9-12(2)22-16(11)17(20)18-7-3-5-13(18)10-14(19)15-6-4-8-21-15/h4,6,8-9,13-14,19H,3,5,7,10H2,1-2H3.